The largest absolute Gasteiger partial charge is 0.858 e. The lowest BCUT2D eigenvalue weighted by molar-refractivity contribution is -0.577. The maximum Gasteiger partial charge on any atom is 0.326 e. The average molecular weight is 459 g/mol. The van der Waals surface area contributed by atoms with Crippen LogP contribution in [0.4, 0.5) is 0 Å². The van der Waals surface area contributed by atoms with Crippen LogP contribution in [0.1, 0.15) is 47.4 Å². The van der Waals surface area contributed by atoms with Crippen molar-refractivity contribution < 1.29 is 19.3 Å². The van der Waals surface area contributed by atoms with E-state index in [1.807, 2.05) is 72.0 Å². The number of nitrogens with zero attached hydrogens (tertiary/aromatic N) is 4. The minimum atomic E-state index is -0.459. The van der Waals surface area contributed by atoms with Gasteiger partial charge in [0.25, 0.3) is 11.6 Å². The van der Waals surface area contributed by atoms with Crippen molar-refractivity contribution in [1.82, 2.24) is 14.7 Å². The van der Waals surface area contributed by atoms with E-state index in [0.29, 0.717) is 11.4 Å². The van der Waals surface area contributed by atoms with Gasteiger partial charge in [-0.3, -0.25) is 14.5 Å². The molecular weight excluding hydrogens is 428 g/mol. The van der Waals surface area contributed by atoms with E-state index in [1.54, 1.807) is 17.7 Å². The molecule has 2 amide bonds. The molecule has 0 saturated heterocycles. The van der Waals surface area contributed by atoms with E-state index in [9.17, 15) is 14.7 Å². The fraction of sp³-hybridized carbons (Fsp3) is 0.333. The molecule has 0 saturated carbocycles. The second-order valence-corrected chi connectivity index (χ2v) is 9.52. The number of aryl methyl sites for hydroxylation is 5. The Hall–Kier alpha value is -3.74. The van der Waals surface area contributed by atoms with Crippen molar-refractivity contribution >= 4 is 23.1 Å². The summed E-state index contributed by atoms with van der Waals surface area (Å²) in [5.74, 6) is -1.18. The number of hydrogen-bond acceptors (Lipinski definition) is 4. The third-order valence-corrected chi connectivity index (χ3v) is 6.24. The van der Waals surface area contributed by atoms with Crippen molar-refractivity contribution in [3.63, 3.8) is 0 Å². The summed E-state index contributed by atoms with van der Waals surface area (Å²) in [4.78, 5) is 28.4. The summed E-state index contributed by atoms with van der Waals surface area (Å²) in [7, 11) is 0. The number of benzene rings is 1. The van der Waals surface area contributed by atoms with Crippen molar-refractivity contribution in [2.75, 3.05) is 6.54 Å². The number of carbonyl (C=O) groups is 2. The molecule has 7 heteroatoms. The lowest BCUT2D eigenvalue weighted by atomic mass is 10.0. The quantitative estimate of drug-likeness (QED) is 0.434. The third-order valence-electron chi connectivity index (χ3n) is 6.24. The molecule has 0 bridgehead atoms. The number of amides is 2. The van der Waals surface area contributed by atoms with Gasteiger partial charge in [-0.15, -0.1) is 0 Å². The van der Waals surface area contributed by atoms with Gasteiger partial charge in [0.1, 0.15) is 5.57 Å². The van der Waals surface area contributed by atoms with Crippen molar-refractivity contribution in [3.05, 3.63) is 70.2 Å². The lowest BCUT2D eigenvalue weighted by Crippen LogP contribution is -2.41. The number of aromatic nitrogens is 3. The van der Waals surface area contributed by atoms with Crippen LogP contribution >= 0.6 is 0 Å². The molecule has 4 rings (SSSR count). The zero-order valence-corrected chi connectivity index (χ0v) is 20.8. The van der Waals surface area contributed by atoms with Gasteiger partial charge in [0.05, 0.1) is 11.4 Å². The minimum Gasteiger partial charge on any atom is -0.858 e. The molecule has 1 aliphatic heterocycles. The Labute approximate surface area is 200 Å². The highest BCUT2D eigenvalue weighted by Gasteiger charge is 2.46. The van der Waals surface area contributed by atoms with Crippen LogP contribution in [0.3, 0.4) is 0 Å². The van der Waals surface area contributed by atoms with Gasteiger partial charge < -0.3 is 5.11 Å². The van der Waals surface area contributed by atoms with Crippen molar-refractivity contribution in [3.8, 4) is 11.6 Å². The first-order valence-corrected chi connectivity index (χ1v) is 11.4. The van der Waals surface area contributed by atoms with Gasteiger partial charge in [-0.05, 0) is 63.6 Å². The van der Waals surface area contributed by atoms with E-state index in [2.05, 4.69) is 5.10 Å². The van der Waals surface area contributed by atoms with Gasteiger partial charge in [0.2, 0.25) is 0 Å². The molecule has 0 aliphatic carbocycles. The third kappa shape index (κ3) is 3.81. The van der Waals surface area contributed by atoms with Crippen LogP contribution in [0.5, 0.6) is 5.88 Å². The van der Waals surface area contributed by atoms with Crippen LogP contribution in [0.25, 0.3) is 17.0 Å². The van der Waals surface area contributed by atoms with Gasteiger partial charge in [-0.2, -0.15) is 9.67 Å². The number of rotatable bonds is 5. The van der Waals surface area contributed by atoms with Crippen LogP contribution in [0, 0.1) is 40.5 Å². The molecule has 3 heterocycles. The molecule has 176 valence electrons. The average Bonchev–Trinajstić information content (AvgIpc) is 3.17. The summed E-state index contributed by atoms with van der Waals surface area (Å²) in [5.41, 5.74) is 5.56. The van der Waals surface area contributed by atoms with Crippen LogP contribution < -0.4 is 9.67 Å². The van der Waals surface area contributed by atoms with Crippen molar-refractivity contribution in [2.24, 2.45) is 5.92 Å². The summed E-state index contributed by atoms with van der Waals surface area (Å²) >= 11 is 0. The molecule has 0 unspecified atom stereocenters. The molecule has 0 atom stereocenters. The van der Waals surface area contributed by atoms with Gasteiger partial charge in [0, 0.05) is 23.7 Å². The SMILES string of the molecule is Cc1ccc(-n2nc(C)c(C3=C([n+]4ccc(C)c(C)c4)C(=O)N(CC(C)C)C3=O)c2[O-])c(C)c1. The van der Waals surface area contributed by atoms with Gasteiger partial charge >= 0.3 is 5.91 Å². The minimum absolute atomic E-state index is 0.0870. The normalized spacial score (nSPS) is 14.2. The molecule has 1 aromatic carbocycles. The summed E-state index contributed by atoms with van der Waals surface area (Å²) in [6, 6.07) is 7.65. The topological polar surface area (TPSA) is 82.1 Å². The number of pyridine rings is 1. The summed E-state index contributed by atoms with van der Waals surface area (Å²) in [5, 5.41) is 18.2. The van der Waals surface area contributed by atoms with E-state index in [1.165, 1.54) is 9.58 Å². The Morgan fingerprint density at radius 1 is 0.971 bits per heavy atom. The Kier molecular flexibility index (Phi) is 5.89. The number of carbonyl (C=O) groups excluding carboxylic acids is 2. The highest BCUT2D eigenvalue weighted by atomic mass is 16.3. The lowest BCUT2D eigenvalue weighted by Gasteiger charge is -2.17. The molecule has 7 nitrogen and oxygen atoms in total. The highest BCUT2D eigenvalue weighted by molar-refractivity contribution is 6.44. The standard InChI is InChI=1S/C27H30N4O3/c1-15(2)13-30-25(32)23(24(27(30)34)29-11-10-17(4)19(6)14-29)22-20(7)28-31(26(22)33)21-9-8-16(3)12-18(21)5/h8-12,14-15H,13H2,1-7H3. The van der Waals surface area contributed by atoms with Crippen LogP contribution in [0.15, 0.2) is 36.7 Å². The second kappa shape index (κ2) is 8.56. The first kappa shape index (κ1) is 23.4. The molecule has 0 radical (unpaired) electrons. The molecule has 0 spiro atoms. The summed E-state index contributed by atoms with van der Waals surface area (Å²) in [6.45, 7) is 13.7. The predicted molar refractivity (Wildman–Crippen MR) is 128 cm³/mol. The fourth-order valence-corrected chi connectivity index (χ4v) is 4.38. The van der Waals surface area contributed by atoms with E-state index in [0.717, 1.165) is 22.3 Å². The predicted octanol–water partition coefficient (Wildman–Crippen LogP) is 3.17. The van der Waals surface area contributed by atoms with E-state index in [-0.39, 0.29) is 29.3 Å². The molecule has 1 aliphatic rings. The number of hydrogen-bond donors (Lipinski definition) is 0. The van der Waals surface area contributed by atoms with E-state index < -0.39 is 17.7 Å². The molecule has 3 aromatic rings. The molecule has 34 heavy (non-hydrogen) atoms. The smallest absolute Gasteiger partial charge is 0.326 e. The monoisotopic (exact) mass is 458 g/mol. The molecule has 0 fully saturated rings. The maximum absolute atomic E-state index is 13.7. The van der Waals surface area contributed by atoms with Gasteiger partial charge in [0.15, 0.2) is 12.4 Å². The highest BCUT2D eigenvalue weighted by Crippen LogP contribution is 2.37. The fourth-order valence-electron chi connectivity index (χ4n) is 4.38. The van der Waals surface area contributed by atoms with Gasteiger partial charge in [-0.25, -0.2) is 4.68 Å². The van der Waals surface area contributed by atoms with Crippen LogP contribution in [0.2, 0.25) is 0 Å². The molecular formula is C27H30N4O3. The Balaban J connectivity index is 1.98. The number of imide groups is 1. The summed E-state index contributed by atoms with van der Waals surface area (Å²) < 4.78 is 2.99. The van der Waals surface area contributed by atoms with Crippen LogP contribution in [-0.4, -0.2) is 33.0 Å². The first-order chi connectivity index (χ1) is 16.0. The molecule has 2 aromatic heterocycles. The van der Waals surface area contributed by atoms with Crippen LogP contribution in [-0.2, 0) is 9.59 Å². The van der Waals surface area contributed by atoms with Gasteiger partial charge in [-0.1, -0.05) is 31.5 Å². The molecule has 0 N–H and O–H groups in total. The Bertz CT molecular complexity index is 1360. The Morgan fingerprint density at radius 2 is 1.68 bits per heavy atom. The first-order valence-electron chi connectivity index (χ1n) is 11.4. The zero-order valence-electron chi connectivity index (χ0n) is 20.8. The summed E-state index contributed by atoms with van der Waals surface area (Å²) in [6.07, 6.45) is 3.58. The van der Waals surface area contributed by atoms with Crippen molar-refractivity contribution in [2.45, 2.75) is 48.5 Å². The Morgan fingerprint density at radius 3 is 2.29 bits per heavy atom. The zero-order chi connectivity index (χ0) is 24.9. The van der Waals surface area contributed by atoms with E-state index >= 15 is 0 Å². The maximum atomic E-state index is 13.7. The van der Waals surface area contributed by atoms with E-state index in [4.69, 9.17) is 0 Å². The van der Waals surface area contributed by atoms with Crippen molar-refractivity contribution in [1.29, 1.82) is 0 Å². The second-order valence-electron chi connectivity index (χ2n) is 9.52.